The zero-order valence-corrected chi connectivity index (χ0v) is 15.1. The number of piperidine rings is 1. The van der Waals surface area contributed by atoms with E-state index in [0.717, 1.165) is 45.6 Å². The monoisotopic (exact) mass is 347 g/mol. The predicted molar refractivity (Wildman–Crippen MR) is 88.7 cm³/mol. The van der Waals surface area contributed by atoms with E-state index in [1.165, 1.54) is 11.4 Å². The number of methoxy groups -OCH3 is 1. The molecule has 2 heterocycles. The largest absolute Gasteiger partial charge is 0.384 e. The van der Waals surface area contributed by atoms with Crippen LogP contribution in [0.4, 0.5) is 0 Å². The Kier molecular flexibility index (Phi) is 6.82. The molecule has 0 bridgehead atoms. The summed E-state index contributed by atoms with van der Waals surface area (Å²) in [5.41, 5.74) is 0. The van der Waals surface area contributed by atoms with Crippen LogP contribution in [0, 0.1) is 5.92 Å². The Morgan fingerprint density at radius 3 is 2.48 bits per heavy atom. The Balaban J connectivity index is 1.91. The molecular formula is C15H29N3O4S. The van der Waals surface area contributed by atoms with Gasteiger partial charge in [-0.1, -0.05) is 6.92 Å². The first-order valence-electron chi connectivity index (χ1n) is 8.46. The molecule has 0 aromatic heterocycles. The summed E-state index contributed by atoms with van der Waals surface area (Å²) >= 11 is 0. The fraction of sp³-hybridized carbons (Fsp3) is 0.933. The molecule has 134 valence electrons. The number of hydrogen-bond donors (Lipinski definition) is 0. The maximum Gasteiger partial charge on any atom is 0.227 e. The fourth-order valence-corrected chi connectivity index (χ4v) is 4.71. The summed E-state index contributed by atoms with van der Waals surface area (Å²) in [4.78, 5) is 16.9. The Labute approximate surface area is 139 Å². The summed E-state index contributed by atoms with van der Waals surface area (Å²) in [6, 6.07) is 0. The molecule has 1 unspecified atom stereocenters. The number of ether oxygens (including phenoxy) is 1. The van der Waals surface area contributed by atoms with Crippen LogP contribution >= 0.6 is 0 Å². The quantitative estimate of drug-likeness (QED) is 0.668. The second-order valence-corrected chi connectivity index (χ2v) is 8.35. The van der Waals surface area contributed by atoms with Gasteiger partial charge in [-0.3, -0.25) is 4.79 Å². The van der Waals surface area contributed by atoms with Crippen LogP contribution in [0.3, 0.4) is 0 Å². The van der Waals surface area contributed by atoms with Crippen molar-refractivity contribution in [3.63, 3.8) is 0 Å². The minimum Gasteiger partial charge on any atom is -0.384 e. The summed E-state index contributed by atoms with van der Waals surface area (Å²) in [5.74, 6) is -0.0961. The van der Waals surface area contributed by atoms with Gasteiger partial charge in [-0.05, 0) is 19.4 Å². The second kappa shape index (κ2) is 8.41. The zero-order valence-electron chi connectivity index (χ0n) is 14.2. The molecule has 2 fully saturated rings. The summed E-state index contributed by atoms with van der Waals surface area (Å²) in [5, 5.41) is 0. The smallest absolute Gasteiger partial charge is 0.227 e. The molecule has 0 saturated carbocycles. The number of nitrogens with zero attached hydrogens (tertiary/aromatic N) is 3. The lowest BCUT2D eigenvalue weighted by atomic mass is 9.98. The van der Waals surface area contributed by atoms with Crippen LogP contribution in [0.2, 0.25) is 0 Å². The normalized spacial score (nSPS) is 24.8. The van der Waals surface area contributed by atoms with Gasteiger partial charge in [0.2, 0.25) is 15.9 Å². The van der Waals surface area contributed by atoms with Crippen LogP contribution < -0.4 is 0 Å². The lowest BCUT2D eigenvalue weighted by Gasteiger charge is -2.38. The van der Waals surface area contributed by atoms with Crippen molar-refractivity contribution in [1.82, 2.24) is 14.1 Å². The maximum absolute atomic E-state index is 12.7. The minimum absolute atomic E-state index is 0.0143. The van der Waals surface area contributed by atoms with Crippen LogP contribution in [0.15, 0.2) is 0 Å². The number of amides is 1. The molecule has 23 heavy (non-hydrogen) atoms. The first-order valence-corrected chi connectivity index (χ1v) is 10.1. The third kappa shape index (κ3) is 4.89. The molecule has 0 N–H and O–H groups in total. The molecule has 8 heteroatoms. The number of likely N-dealkylation sites (N-methyl/N-ethyl adjacent to an activating group) is 1. The standard InChI is InChI=1S/C15H29N3O4S/c1-3-16-7-9-17(10-8-16)15(19)14-5-4-6-18(13-14)23(20,21)12-11-22-2/h14H,3-13H2,1-2H3. The van der Waals surface area contributed by atoms with Crippen molar-refractivity contribution < 1.29 is 17.9 Å². The van der Waals surface area contributed by atoms with Gasteiger partial charge in [-0.15, -0.1) is 0 Å². The minimum atomic E-state index is -3.33. The molecule has 7 nitrogen and oxygen atoms in total. The number of carbonyl (C=O) groups excluding carboxylic acids is 1. The van der Waals surface area contributed by atoms with Crippen molar-refractivity contribution in [1.29, 1.82) is 0 Å². The van der Waals surface area contributed by atoms with Crippen molar-refractivity contribution in [2.45, 2.75) is 19.8 Å². The third-order valence-electron chi connectivity index (χ3n) is 4.80. The Morgan fingerprint density at radius 1 is 1.17 bits per heavy atom. The van der Waals surface area contributed by atoms with Crippen molar-refractivity contribution in [2.75, 3.05) is 65.3 Å². The van der Waals surface area contributed by atoms with Gasteiger partial charge >= 0.3 is 0 Å². The third-order valence-corrected chi connectivity index (χ3v) is 6.60. The molecule has 2 aliphatic rings. The first-order chi connectivity index (χ1) is 11.0. The van der Waals surface area contributed by atoms with E-state index in [-0.39, 0.29) is 24.2 Å². The van der Waals surface area contributed by atoms with Crippen molar-refractivity contribution in [3.05, 3.63) is 0 Å². The molecule has 0 spiro atoms. The molecule has 0 aromatic rings. The highest BCUT2D eigenvalue weighted by atomic mass is 32.2. The average molecular weight is 347 g/mol. The Bertz CT molecular complexity index is 489. The average Bonchev–Trinajstić information content (AvgIpc) is 2.59. The van der Waals surface area contributed by atoms with Crippen LogP contribution in [-0.4, -0.2) is 93.7 Å². The van der Waals surface area contributed by atoms with E-state index < -0.39 is 10.0 Å². The molecule has 2 saturated heterocycles. The van der Waals surface area contributed by atoms with Crippen molar-refractivity contribution >= 4 is 15.9 Å². The first kappa shape index (κ1) is 18.6. The SMILES string of the molecule is CCN1CCN(C(=O)C2CCCN(S(=O)(=O)CCOC)C2)CC1. The van der Waals surface area contributed by atoms with E-state index in [2.05, 4.69) is 11.8 Å². The summed E-state index contributed by atoms with van der Waals surface area (Å²) in [6.45, 7) is 7.47. The van der Waals surface area contributed by atoms with Gasteiger partial charge in [0.15, 0.2) is 0 Å². The Hall–Kier alpha value is -0.700. The molecule has 0 radical (unpaired) electrons. The van der Waals surface area contributed by atoms with Crippen LogP contribution in [0.25, 0.3) is 0 Å². The van der Waals surface area contributed by atoms with Gasteiger partial charge in [0.25, 0.3) is 0 Å². The molecule has 2 rings (SSSR count). The van der Waals surface area contributed by atoms with Gasteiger partial charge < -0.3 is 14.5 Å². The van der Waals surface area contributed by atoms with Gasteiger partial charge in [-0.25, -0.2) is 12.7 Å². The fourth-order valence-electron chi connectivity index (χ4n) is 3.26. The van der Waals surface area contributed by atoms with E-state index in [0.29, 0.717) is 13.1 Å². The van der Waals surface area contributed by atoms with Crippen molar-refractivity contribution in [2.24, 2.45) is 5.92 Å². The number of hydrogen-bond acceptors (Lipinski definition) is 5. The highest BCUT2D eigenvalue weighted by molar-refractivity contribution is 7.89. The van der Waals surface area contributed by atoms with Gasteiger partial charge in [0, 0.05) is 46.4 Å². The van der Waals surface area contributed by atoms with Crippen molar-refractivity contribution in [3.8, 4) is 0 Å². The van der Waals surface area contributed by atoms with Crippen LogP contribution in [0.1, 0.15) is 19.8 Å². The lowest BCUT2D eigenvalue weighted by Crippen LogP contribution is -2.53. The van der Waals surface area contributed by atoms with Gasteiger partial charge in [-0.2, -0.15) is 0 Å². The molecule has 2 aliphatic heterocycles. The van der Waals surface area contributed by atoms with Crippen LogP contribution in [0.5, 0.6) is 0 Å². The highest BCUT2D eigenvalue weighted by Crippen LogP contribution is 2.22. The van der Waals surface area contributed by atoms with Crippen LogP contribution in [-0.2, 0) is 19.6 Å². The lowest BCUT2D eigenvalue weighted by molar-refractivity contribution is -0.138. The molecular weight excluding hydrogens is 318 g/mol. The topological polar surface area (TPSA) is 70.2 Å². The molecule has 0 aromatic carbocycles. The summed E-state index contributed by atoms with van der Waals surface area (Å²) in [7, 11) is -1.83. The predicted octanol–water partition coefficient (Wildman–Crippen LogP) is -0.161. The van der Waals surface area contributed by atoms with E-state index >= 15 is 0 Å². The molecule has 1 atom stereocenters. The number of piperazine rings is 1. The second-order valence-electron chi connectivity index (χ2n) is 6.27. The number of sulfonamides is 1. The molecule has 0 aliphatic carbocycles. The Morgan fingerprint density at radius 2 is 1.87 bits per heavy atom. The van der Waals surface area contributed by atoms with E-state index in [1.807, 2.05) is 4.90 Å². The highest BCUT2D eigenvalue weighted by Gasteiger charge is 2.34. The summed E-state index contributed by atoms with van der Waals surface area (Å²) in [6.07, 6.45) is 1.53. The maximum atomic E-state index is 12.7. The van der Waals surface area contributed by atoms with E-state index in [9.17, 15) is 13.2 Å². The molecule has 1 amide bonds. The summed E-state index contributed by atoms with van der Waals surface area (Å²) < 4.78 is 30.9. The zero-order chi connectivity index (χ0) is 16.9. The number of carbonyl (C=O) groups is 1. The number of rotatable bonds is 6. The van der Waals surface area contributed by atoms with Gasteiger partial charge in [0.1, 0.15) is 0 Å². The van der Waals surface area contributed by atoms with Gasteiger partial charge in [0.05, 0.1) is 18.3 Å². The van der Waals surface area contributed by atoms with E-state index in [4.69, 9.17) is 4.74 Å². The van der Waals surface area contributed by atoms with E-state index in [1.54, 1.807) is 0 Å².